The Kier molecular flexibility index (Phi) is 1.97. The van der Waals surface area contributed by atoms with Crippen LogP contribution in [0.5, 0.6) is 0 Å². The Labute approximate surface area is 73.2 Å². The van der Waals surface area contributed by atoms with Gasteiger partial charge < -0.3 is 9.84 Å². The molecule has 2 heteroatoms. The molecule has 1 saturated carbocycles. The van der Waals surface area contributed by atoms with Crippen molar-refractivity contribution >= 4 is 0 Å². The third-order valence-electron chi connectivity index (χ3n) is 3.01. The molecular weight excluding hydrogens is 152 g/mol. The van der Waals surface area contributed by atoms with E-state index < -0.39 is 0 Å². The normalized spacial score (nSPS) is 46.1. The predicted octanol–water partition coefficient (Wildman–Crippen LogP) is 1.64. The number of hydrogen-bond donors (Lipinski definition) is 1. The van der Waals surface area contributed by atoms with Gasteiger partial charge in [-0.1, -0.05) is 18.9 Å². The van der Waals surface area contributed by atoms with E-state index in [-0.39, 0.29) is 17.8 Å². The van der Waals surface area contributed by atoms with Gasteiger partial charge in [0, 0.05) is 0 Å². The van der Waals surface area contributed by atoms with E-state index in [0.717, 1.165) is 25.7 Å². The second-order valence-electron chi connectivity index (χ2n) is 3.91. The Balaban J connectivity index is 2.04. The molecule has 2 aliphatic rings. The van der Waals surface area contributed by atoms with Crippen molar-refractivity contribution in [3.8, 4) is 0 Å². The molecular formula is C10H16O2. The Bertz CT molecular complexity index is 190. The summed E-state index contributed by atoms with van der Waals surface area (Å²) in [6, 6.07) is 0. The van der Waals surface area contributed by atoms with Crippen molar-refractivity contribution in [2.75, 3.05) is 0 Å². The van der Waals surface area contributed by atoms with Crippen molar-refractivity contribution in [1.82, 2.24) is 0 Å². The monoisotopic (exact) mass is 168 g/mol. The Morgan fingerprint density at radius 2 is 2.42 bits per heavy atom. The minimum absolute atomic E-state index is 0.0162. The predicted molar refractivity (Wildman–Crippen MR) is 46.9 cm³/mol. The maximum Gasteiger partial charge on any atom is 0.113 e. The van der Waals surface area contributed by atoms with Crippen LogP contribution in [0, 0.1) is 0 Å². The molecule has 3 atom stereocenters. The number of rotatable bonds is 2. The average Bonchev–Trinajstić information content (AvgIpc) is 2.74. The van der Waals surface area contributed by atoms with Gasteiger partial charge in [0.1, 0.15) is 11.7 Å². The van der Waals surface area contributed by atoms with Crippen molar-refractivity contribution in [1.29, 1.82) is 0 Å². The first-order valence-electron chi connectivity index (χ1n) is 4.75. The molecule has 0 aromatic carbocycles. The van der Waals surface area contributed by atoms with Gasteiger partial charge in [-0.3, -0.25) is 0 Å². The van der Waals surface area contributed by atoms with Gasteiger partial charge in [0.25, 0.3) is 0 Å². The zero-order valence-corrected chi connectivity index (χ0v) is 7.33. The third-order valence-corrected chi connectivity index (χ3v) is 3.01. The molecule has 68 valence electrons. The first kappa shape index (κ1) is 8.27. The van der Waals surface area contributed by atoms with Gasteiger partial charge in [-0.15, -0.1) is 6.58 Å². The molecule has 1 aliphatic carbocycles. The van der Waals surface area contributed by atoms with Crippen molar-refractivity contribution < 1.29 is 9.84 Å². The minimum atomic E-state index is -0.229. The number of epoxide rings is 1. The lowest BCUT2D eigenvalue weighted by Gasteiger charge is -2.07. The SMILES string of the molecule is C=CCC12CCCCC(O)C1O2. The van der Waals surface area contributed by atoms with Crippen molar-refractivity contribution in [2.24, 2.45) is 0 Å². The van der Waals surface area contributed by atoms with Crippen LogP contribution in [0.15, 0.2) is 12.7 Å². The van der Waals surface area contributed by atoms with Crippen LogP contribution >= 0.6 is 0 Å². The van der Waals surface area contributed by atoms with Crippen LogP contribution in [0.2, 0.25) is 0 Å². The lowest BCUT2D eigenvalue weighted by molar-refractivity contribution is 0.121. The molecule has 2 nitrogen and oxygen atoms in total. The smallest absolute Gasteiger partial charge is 0.113 e. The van der Waals surface area contributed by atoms with Crippen LogP contribution in [0.25, 0.3) is 0 Å². The second kappa shape index (κ2) is 2.86. The van der Waals surface area contributed by atoms with E-state index in [1.807, 2.05) is 6.08 Å². The van der Waals surface area contributed by atoms with Crippen LogP contribution in [0.1, 0.15) is 32.1 Å². The van der Waals surface area contributed by atoms with Crippen LogP contribution in [0.4, 0.5) is 0 Å². The minimum Gasteiger partial charge on any atom is -0.390 e. The van der Waals surface area contributed by atoms with E-state index in [1.165, 1.54) is 6.42 Å². The molecule has 1 heterocycles. The Morgan fingerprint density at radius 3 is 3.17 bits per heavy atom. The van der Waals surface area contributed by atoms with Crippen molar-refractivity contribution in [2.45, 2.75) is 49.9 Å². The highest BCUT2D eigenvalue weighted by molar-refractivity contribution is 5.10. The van der Waals surface area contributed by atoms with E-state index in [2.05, 4.69) is 6.58 Å². The van der Waals surface area contributed by atoms with Crippen LogP contribution in [0.3, 0.4) is 0 Å². The Hall–Kier alpha value is -0.340. The van der Waals surface area contributed by atoms with E-state index in [1.54, 1.807) is 0 Å². The van der Waals surface area contributed by atoms with Gasteiger partial charge >= 0.3 is 0 Å². The second-order valence-corrected chi connectivity index (χ2v) is 3.91. The van der Waals surface area contributed by atoms with Crippen molar-refractivity contribution in [3.05, 3.63) is 12.7 Å². The van der Waals surface area contributed by atoms with Crippen LogP contribution in [-0.4, -0.2) is 22.9 Å². The Morgan fingerprint density at radius 1 is 1.58 bits per heavy atom. The molecule has 0 radical (unpaired) electrons. The van der Waals surface area contributed by atoms with Gasteiger partial charge in [0.15, 0.2) is 0 Å². The van der Waals surface area contributed by atoms with Crippen LogP contribution < -0.4 is 0 Å². The summed E-state index contributed by atoms with van der Waals surface area (Å²) in [5.74, 6) is 0. The summed E-state index contributed by atoms with van der Waals surface area (Å²) in [6.45, 7) is 3.72. The average molecular weight is 168 g/mol. The molecule has 2 fully saturated rings. The molecule has 0 amide bonds. The topological polar surface area (TPSA) is 32.8 Å². The lowest BCUT2D eigenvalue weighted by atomic mass is 9.95. The summed E-state index contributed by atoms with van der Waals surface area (Å²) < 4.78 is 5.58. The molecule has 1 N–H and O–H groups in total. The summed E-state index contributed by atoms with van der Waals surface area (Å²) in [7, 11) is 0. The molecule has 0 aromatic rings. The van der Waals surface area contributed by atoms with Crippen molar-refractivity contribution in [3.63, 3.8) is 0 Å². The highest BCUT2D eigenvalue weighted by Crippen LogP contribution is 2.48. The van der Waals surface area contributed by atoms with E-state index >= 15 is 0 Å². The van der Waals surface area contributed by atoms with E-state index in [0.29, 0.717) is 0 Å². The van der Waals surface area contributed by atoms with E-state index in [9.17, 15) is 5.11 Å². The number of ether oxygens (including phenoxy) is 1. The number of aliphatic hydroxyl groups is 1. The summed E-state index contributed by atoms with van der Waals surface area (Å²) in [5.41, 5.74) is -0.0162. The molecule has 2 rings (SSSR count). The molecule has 1 aliphatic heterocycles. The molecule has 0 aromatic heterocycles. The molecule has 3 unspecified atom stereocenters. The number of hydrogen-bond acceptors (Lipinski definition) is 2. The quantitative estimate of drug-likeness (QED) is 0.502. The molecule has 0 spiro atoms. The van der Waals surface area contributed by atoms with Gasteiger partial charge in [-0.2, -0.15) is 0 Å². The fraction of sp³-hybridized carbons (Fsp3) is 0.800. The zero-order chi connectivity index (χ0) is 8.60. The summed E-state index contributed by atoms with van der Waals surface area (Å²) in [6.07, 6.45) is 7.00. The van der Waals surface area contributed by atoms with Gasteiger partial charge in [0.05, 0.1) is 6.10 Å². The molecule has 12 heavy (non-hydrogen) atoms. The highest BCUT2D eigenvalue weighted by Gasteiger charge is 2.58. The standard InChI is InChI=1S/C10H16O2/c1-2-6-10-7-4-3-5-8(11)9(10)12-10/h2,8-9,11H,1,3-7H2. The third kappa shape index (κ3) is 1.19. The van der Waals surface area contributed by atoms with Gasteiger partial charge in [-0.05, 0) is 19.3 Å². The molecule has 0 bridgehead atoms. The van der Waals surface area contributed by atoms with Crippen LogP contribution in [-0.2, 0) is 4.74 Å². The maximum absolute atomic E-state index is 9.63. The first-order chi connectivity index (χ1) is 5.78. The van der Waals surface area contributed by atoms with Gasteiger partial charge in [0.2, 0.25) is 0 Å². The maximum atomic E-state index is 9.63. The molecule has 1 saturated heterocycles. The summed E-state index contributed by atoms with van der Waals surface area (Å²) in [5, 5.41) is 9.63. The number of aliphatic hydroxyl groups excluding tert-OH is 1. The van der Waals surface area contributed by atoms with E-state index in [4.69, 9.17) is 4.74 Å². The first-order valence-corrected chi connectivity index (χ1v) is 4.75. The van der Waals surface area contributed by atoms with Gasteiger partial charge in [-0.25, -0.2) is 0 Å². The fourth-order valence-electron chi connectivity index (χ4n) is 2.29. The summed E-state index contributed by atoms with van der Waals surface area (Å²) in [4.78, 5) is 0. The lowest BCUT2D eigenvalue weighted by Crippen LogP contribution is -2.21. The number of fused-ring (bicyclic) bond motifs is 1. The largest absolute Gasteiger partial charge is 0.390 e. The fourth-order valence-corrected chi connectivity index (χ4v) is 2.29. The summed E-state index contributed by atoms with van der Waals surface area (Å²) >= 11 is 0. The zero-order valence-electron chi connectivity index (χ0n) is 7.33. The highest BCUT2D eigenvalue weighted by atomic mass is 16.6.